The highest BCUT2D eigenvalue weighted by Gasteiger charge is 2.43. The van der Waals surface area contributed by atoms with Crippen molar-refractivity contribution < 1.29 is 20.1 Å². The molecule has 20 heavy (non-hydrogen) atoms. The normalized spacial score (nSPS) is 29.6. The summed E-state index contributed by atoms with van der Waals surface area (Å²) in [5, 5.41) is 28.7. The lowest BCUT2D eigenvalue weighted by atomic mass is 10.1. The van der Waals surface area contributed by atoms with Crippen LogP contribution < -0.4 is 11.9 Å². The zero-order valence-corrected chi connectivity index (χ0v) is 10.2. The van der Waals surface area contributed by atoms with Gasteiger partial charge in [-0.15, -0.1) is 0 Å². The predicted molar refractivity (Wildman–Crippen MR) is 64.9 cm³/mol. The van der Waals surface area contributed by atoms with Crippen LogP contribution in [0, 0.1) is 0 Å². The van der Waals surface area contributed by atoms with Crippen LogP contribution in [0.3, 0.4) is 0 Å². The highest BCUT2D eigenvalue weighted by molar-refractivity contribution is 5.81. The molecule has 0 amide bonds. The van der Waals surface area contributed by atoms with Gasteiger partial charge in [-0.25, -0.2) is 15.0 Å². The number of aliphatic hydroxyl groups is 3. The zero-order valence-electron chi connectivity index (χ0n) is 10.2. The van der Waals surface area contributed by atoms with Crippen molar-refractivity contribution in [3.8, 4) is 0 Å². The Kier molecular flexibility index (Phi) is 3.83. The average molecular weight is 281 g/mol. The Morgan fingerprint density at radius 2 is 2.00 bits per heavy atom. The minimum absolute atomic E-state index is 0. The number of rotatable bonds is 2. The number of aromatic nitrogens is 4. The second kappa shape index (κ2) is 5.26. The fourth-order valence-corrected chi connectivity index (χ4v) is 2.17. The van der Waals surface area contributed by atoms with Gasteiger partial charge in [0.1, 0.15) is 30.2 Å². The van der Waals surface area contributed by atoms with Crippen LogP contribution in [0.25, 0.3) is 11.2 Å². The molecule has 0 spiro atoms. The van der Waals surface area contributed by atoms with E-state index in [0.717, 1.165) is 0 Å². The first-order chi connectivity index (χ1) is 9.13. The first-order valence-corrected chi connectivity index (χ1v) is 5.69. The van der Waals surface area contributed by atoms with Crippen molar-refractivity contribution in [3.05, 3.63) is 12.7 Å². The largest absolute Gasteiger partial charge is 0.394 e. The van der Waals surface area contributed by atoms with E-state index in [1.807, 2.05) is 0 Å². The molecule has 0 aromatic carbocycles. The topological polar surface area (TPSA) is 170 Å². The number of imidazole rings is 1. The average Bonchev–Trinajstić information content (AvgIpc) is 2.94. The molecule has 2 aromatic heterocycles. The summed E-state index contributed by atoms with van der Waals surface area (Å²) < 4.78 is 6.85. The maximum atomic E-state index is 9.95. The molecule has 3 rings (SSSR count). The number of fused-ring (bicyclic) bond motifs is 1. The molecule has 2 aromatic rings. The SMILES string of the molecule is Nc1ncnc2c1ncn2[C@@H]1O[C@H](CO)[C@@H](O)[C@H]1O.[N]. The number of hydrogen-bond acceptors (Lipinski definition) is 8. The molecule has 1 fully saturated rings. The fraction of sp³-hybridized carbons (Fsp3) is 0.500. The predicted octanol–water partition coefficient (Wildman–Crippen LogP) is -2.46. The van der Waals surface area contributed by atoms with Crippen LogP contribution in [0.2, 0.25) is 0 Å². The lowest BCUT2D eigenvalue weighted by Gasteiger charge is -2.16. The lowest BCUT2D eigenvalue weighted by molar-refractivity contribution is -0.0511. The van der Waals surface area contributed by atoms with Gasteiger partial charge < -0.3 is 25.8 Å². The van der Waals surface area contributed by atoms with Crippen LogP contribution in [0.15, 0.2) is 12.7 Å². The Labute approximate surface area is 113 Å². The molecular formula is C10H13N6O4. The Hall–Kier alpha value is -1.85. The molecule has 1 saturated heterocycles. The first-order valence-electron chi connectivity index (χ1n) is 5.69. The Bertz CT molecular complexity index is 604. The van der Waals surface area contributed by atoms with Crippen molar-refractivity contribution in [1.82, 2.24) is 25.7 Å². The third-order valence-electron chi connectivity index (χ3n) is 3.18. The van der Waals surface area contributed by atoms with E-state index in [9.17, 15) is 10.2 Å². The molecule has 1 aliphatic rings. The molecule has 10 heteroatoms. The highest BCUT2D eigenvalue weighted by Crippen LogP contribution is 2.31. The van der Waals surface area contributed by atoms with E-state index >= 15 is 0 Å². The second-order valence-corrected chi connectivity index (χ2v) is 4.31. The first kappa shape index (κ1) is 14.6. The number of ether oxygens (including phenoxy) is 1. The molecule has 0 aliphatic carbocycles. The van der Waals surface area contributed by atoms with E-state index < -0.39 is 31.1 Å². The maximum Gasteiger partial charge on any atom is 0.167 e. The standard InChI is InChI=1S/C10H13N5O4.N/c11-8-5-9(13-2-12-8)15(3-14-5)10-7(18)6(17)4(1-16)19-10;/h2-4,6-7,10,16-18H,1H2,(H2,11,12,13);/t4-,6-,7-,10-;/m1./s1. The molecule has 10 nitrogen and oxygen atoms in total. The van der Waals surface area contributed by atoms with Crippen molar-refractivity contribution in [3.63, 3.8) is 0 Å². The lowest BCUT2D eigenvalue weighted by Crippen LogP contribution is -2.33. The van der Waals surface area contributed by atoms with Gasteiger partial charge >= 0.3 is 0 Å². The smallest absolute Gasteiger partial charge is 0.167 e. The van der Waals surface area contributed by atoms with Crippen LogP contribution in [-0.4, -0.2) is 59.8 Å². The molecule has 4 atom stereocenters. The summed E-state index contributed by atoms with van der Waals surface area (Å²) in [5.41, 5.74) is 6.44. The molecule has 5 N–H and O–H groups in total. The minimum atomic E-state index is -1.19. The van der Waals surface area contributed by atoms with E-state index in [1.165, 1.54) is 17.2 Å². The molecule has 3 radical (unpaired) electrons. The number of hydrogen-bond donors (Lipinski definition) is 4. The van der Waals surface area contributed by atoms with E-state index in [4.69, 9.17) is 15.6 Å². The van der Waals surface area contributed by atoms with Gasteiger partial charge in [0.25, 0.3) is 0 Å². The molecule has 0 unspecified atom stereocenters. The Morgan fingerprint density at radius 3 is 2.65 bits per heavy atom. The fourth-order valence-electron chi connectivity index (χ4n) is 2.17. The molecular weight excluding hydrogens is 268 g/mol. The van der Waals surface area contributed by atoms with Gasteiger partial charge in [0.2, 0.25) is 0 Å². The number of nitrogens with zero attached hydrogens (tertiary/aromatic N) is 5. The van der Waals surface area contributed by atoms with Crippen molar-refractivity contribution in [2.24, 2.45) is 0 Å². The number of nitrogen functional groups attached to an aromatic ring is 1. The van der Waals surface area contributed by atoms with Crippen molar-refractivity contribution in [2.75, 3.05) is 12.3 Å². The Balaban J connectivity index is 0.00000147. The van der Waals surface area contributed by atoms with E-state index in [2.05, 4.69) is 15.0 Å². The molecule has 0 saturated carbocycles. The second-order valence-electron chi connectivity index (χ2n) is 4.31. The summed E-state index contributed by atoms with van der Waals surface area (Å²) >= 11 is 0. The quantitative estimate of drug-likeness (QED) is 0.469. The summed E-state index contributed by atoms with van der Waals surface area (Å²) in [4.78, 5) is 11.9. The number of anilines is 1. The van der Waals surface area contributed by atoms with Gasteiger partial charge in [0, 0.05) is 6.15 Å². The minimum Gasteiger partial charge on any atom is -0.394 e. The van der Waals surface area contributed by atoms with Gasteiger partial charge in [-0.2, -0.15) is 0 Å². The molecule has 3 heterocycles. The molecule has 0 bridgehead atoms. The van der Waals surface area contributed by atoms with Crippen LogP contribution in [0.1, 0.15) is 6.23 Å². The molecule has 1 aliphatic heterocycles. The van der Waals surface area contributed by atoms with Crippen molar-refractivity contribution in [2.45, 2.75) is 24.5 Å². The number of aliphatic hydroxyl groups excluding tert-OH is 3. The van der Waals surface area contributed by atoms with Crippen LogP contribution in [0.4, 0.5) is 5.82 Å². The summed E-state index contributed by atoms with van der Waals surface area (Å²) in [6.45, 7) is -0.390. The van der Waals surface area contributed by atoms with Crippen LogP contribution >= 0.6 is 0 Å². The zero-order chi connectivity index (χ0) is 13.6. The monoisotopic (exact) mass is 281 g/mol. The van der Waals surface area contributed by atoms with Gasteiger partial charge in [-0.1, -0.05) is 0 Å². The van der Waals surface area contributed by atoms with E-state index in [-0.39, 0.29) is 12.0 Å². The van der Waals surface area contributed by atoms with Crippen molar-refractivity contribution in [1.29, 1.82) is 0 Å². The third kappa shape index (κ3) is 1.99. The van der Waals surface area contributed by atoms with Gasteiger partial charge in [0.05, 0.1) is 12.9 Å². The molecule has 107 valence electrons. The van der Waals surface area contributed by atoms with E-state index in [0.29, 0.717) is 11.2 Å². The summed E-state index contributed by atoms with van der Waals surface area (Å²) in [5.74, 6) is 0.218. The maximum absolute atomic E-state index is 9.95. The van der Waals surface area contributed by atoms with Gasteiger partial charge in [-0.3, -0.25) is 4.57 Å². The van der Waals surface area contributed by atoms with Gasteiger partial charge in [-0.05, 0) is 0 Å². The van der Waals surface area contributed by atoms with Crippen LogP contribution in [0.5, 0.6) is 0 Å². The van der Waals surface area contributed by atoms with Crippen molar-refractivity contribution >= 4 is 17.0 Å². The summed E-state index contributed by atoms with van der Waals surface area (Å²) in [7, 11) is 0. The van der Waals surface area contributed by atoms with Gasteiger partial charge in [0.15, 0.2) is 17.7 Å². The highest BCUT2D eigenvalue weighted by atomic mass is 16.6. The third-order valence-corrected chi connectivity index (χ3v) is 3.18. The number of nitrogens with two attached hydrogens (primary N) is 1. The van der Waals surface area contributed by atoms with E-state index in [1.54, 1.807) is 0 Å². The van der Waals surface area contributed by atoms with Crippen LogP contribution in [-0.2, 0) is 4.74 Å². The summed E-state index contributed by atoms with van der Waals surface area (Å²) in [6, 6.07) is 0. The summed E-state index contributed by atoms with van der Waals surface area (Å²) in [6.07, 6.45) is -1.42. The Morgan fingerprint density at radius 1 is 1.25 bits per heavy atom.